The van der Waals surface area contributed by atoms with Crippen molar-refractivity contribution in [1.29, 1.82) is 0 Å². The second kappa shape index (κ2) is 5.61. The van der Waals surface area contributed by atoms with E-state index in [0.29, 0.717) is 0 Å². The Hall–Kier alpha value is -2.50. The number of hydrazone groups is 1. The lowest BCUT2D eigenvalue weighted by molar-refractivity contribution is -0.385. The van der Waals surface area contributed by atoms with E-state index in [1.807, 2.05) is 0 Å². The fraction of sp³-hybridized carbons (Fsp3) is 0.545. The Bertz CT molecular complexity index is 671. The monoisotopic (exact) mass is 335 g/mol. The fourth-order valence-corrected chi connectivity index (χ4v) is 2.06. The molecule has 23 heavy (non-hydrogen) atoms. The lowest BCUT2D eigenvalue weighted by Gasteiger charge is -2.32. The van der Waals surface area contributed by atoms with E-state index in [0.717, 1.165) is 17.1 Å². The third kappa shape index (κ3) is 3.02. The molecule has 0 fully saturated rings. The minimum Gasteiger partial charge on any atom is -0.362 e. The second-order valence-electron chi connectivity index (χ2n) is 4.89. The summed E-state index contributed by atoms with van der Waals surface area (Å²) in [6.45, 7) is 1.21. The molecule has 2 rings (SSSR count). The molecule has 1 atom stereocenters. The lowest BCUT2D eigenvalue weighted by atomic mass is 10.1. The van der Waals surface area contributed by atoms with Gasteiger partial charge in [0.15, 0.2) is 0 Å². The Morgan fingerprint density at radius 2 is 2.22 bits per heavy atom. The first-order chi connectivity index (χ1) is 10.6. The van der Waals surface area contributed by atoms with Gasteiger partial charge in [-0.1, -0.05) is 0 Å². The first-order valence-electron chi connectivity index (χ1n) is 6.39. The van der Waals surface area contributed by atoms with Gasteiger partial charge in [-0.15, -0.1) is 0 Å². The van der Waals surface area contributed by atoms with Crippen molar-refractivity contribution in [2.75, 3.05) is 0 Å². The molecule has 0 radical (unpaired) electrons. The Kier molecular flexibility index (Phi) is 4.11. The normalized spacial score (nSPS) is 21.0. The van der Waals surface area contributed by atoms with Crippen LogP contribution >= 0.6 is 0 Å². The Morgan fingerprint density at radius 1 is 1.57 bits per heavy atom. The van der Waals surface area contributed by atoms with Crippen LogP contribution in [0.4, 0.5) is 18.9 Å². The van der Waals surface area contributed by atoms with Crippen molar-refractivity contribution in [3.8, 4) is 0 Å². The van der Waals surface area contributed by atoms with Crippen molar-refractivity contribution in [2.45, 2.75) is 38.2 Å². The standard InChI is InChI=1S/C11H12F3N5O4/c1-7-8(19(22)23)6-17(16-7)5-2-9(20)18-10(21,3-4-15-18)11(12,13)14/h4,6,21H,2-3,5H2,1H3/t10-/m1/s1. The minimum absolute atomic E-state index is 0.0161. The van der Waals surface area contributed by atoms with Gasteiger partial charge in [-0.3, -0.25) is 19.6 Å². The number of halogens is 3. The summed E-state index contributed by atoms with van der Waals surface area (Å²) in [7, 11) is 0. The predicted molar refractivity (Wildman–Crippen MR) is 69.2 cm³/mol. The van der Waals surface area contributed by atoms with Gasteiger partial charge in [0.2, 0.25) is 5.91 Å². The molecule has 12 heteroatoms. The van der Waals surface area contributed by atoms with Crippen LogP contribution in [0.1, 0.15) is 18.5 Å². The highest BCUT2D eigenvalue weighted by molar-refractivity contribution is 5.80. The number of amides is 1. The van der Waals surface area contributed by atoms with E-state index in [4.69, 9.17) is 0 Å². The zero-order valence-corrected chi connectivity index (χ0v) is 11.8. The summed E-state index contributed by atoms with van der Waals surface area (Å²) in [6, 6.07) is 0. The van der Waals surface area contributed by atoms with Gasteiger partial charge in [-0.25, -0.2) is 0 Å². The largest absolute Gasteiger partial charge is 0.438 e. The molecule has 2 heterocycles. The maximum atomic E-state index is 12.8. The van der Waals surface area contributed by atoms with E-state index in [2.05, 4.69) is 10.2 Å². The van der Waals surface area contributed by atoms with Gasteiger partial charge >= 0.3 is 11.9 Å². The topological polar surface area (TPSA) is 114 Å². The summed E-state index contributed by atoms with van der Waals surface area (Å²) in [5.74, 6) is -1.07. The van der Waals surface area contributed by atoms with Gasteiger partial charge in [0.25, 0.3) is 5.72 Å². The molecular weight excluding hydrogens is 323 g/mol. The molecule has 1 aliphatic rings. The van der Waals surface area contributed by atoms with Crippen molar-refractivity contribution in [1.82, 2.24) is 14.8 Å². The number of hydrogen-bond acceptors (Lipinski definition) is 6. The zero-order valence-electron chi connectivity index (χ0n) is 11.8. The molecule has 0 spiro atoms. The number of nitrogens with zero attached hydrogens (tertiary/aromatic N) is 5. The van der Waals surface area contributed by atoms with Gasteiger partial charge in [-0.05, 0) is 6.92 Å². The number of carbonyl (C=O) groups excluding carboxylic acids is 1. The molecule has 0 aliphatic carbocycles. The molecule has 0 aromatic carbocycles. The maximum Gasteiger partial charge on any atom is 0.438 e. The summed E-state index contributed by atoms with van der Waals surface area (Å²) < 4.78 is 39.6. The van der Waals surface area contributed by atoms with Crippen LogP contribution in [0.15, 0.2) is 11.3 Å². The molecule has 126 valence electrons. The quantitative estimate of drug-likeness (QED) is 0.650. The van der Waals surface area contributed by atoms with Crippen LogP contribution in [0.5, 0.6) is 0 Å². The average Bonchev–Trinajstić information content (AvgIpc) is 2.99. The van der Waals surface area contributed by atoms with Gasteiger partial charge in [0, 0.05) is 19.1 Å². The molecule has 9 nitrogen and oxygen atoms in total. The molecule has 1 aromatic heterocycles. The molecule has 0 saturated heterocycles. The molecule has 1 N–H and O–H groups in total. The first kappa shape index (κ1) is 16.9. The van der Waals surface area contributed by atoms with Crippen LogP contribution < -0.4 is 0 Å². The SMILES string of the molecule is Cc1nn(CCC(=O)N2N=CC[C@@]2(O)C(F)(F)F)cc1[N+](=O)[O-]. The van der Waals surface area contributed by atoms with Crippen LogP contribution in [-0.4, -0.2) is 48.8 Å². The number of hydrogen-bond donors (Lipinski definition) is 1. The second-order valence-corrected chi connectivity index (χ2v) is 4.89. The number of rotatable bonds is 4. The highest BCUT2D eigenvalue weighted by Gasteiger charge is 2.61. The Balaban J connectivity index is 2.06. The number of nitro groups is 1. The van der Waals surface area contributed by atoms with E-state index in [1.165, 1.54) is 6.92 Å². The van der Waals surface area contributed by atoms with E-state index in [-0.39, 0.29) is 22.9 Å². The molecule has 0 unspecified atom stereocenters. The number of alkyl halides is 3. The smallest absolute Gasteiger partial charge is 0.362 e. The molecule has 1 aliphatic heterocycles. The highest BCUT2D eigenvalue weighted by Crippen LogP contribution is 2.38. The molecule has 1 amide bonds. The number of aliphatic hydroxyl groups is 1. The maximum absolute atomic E-state index is 12.8. The van der Waals surface area contributed by atoms with Crippen molar-refractivity contribution in [2.24, 2.45) is 5.10 Å². The average molecular weight is 335 g/mol. The van der Waals surface area contributed by atoms with Crippen LogP contribution in [0.2, 0.25) is 0 Å². The summed E-state index contributed by atoms with van der Waals surface area (Å²) in [6.07, 6.45) is -4.50. The molecule has 1 aromatic rings. The summed E-state index contributed by atoms with van der Waals surface area (Å²) >= 11 is 0. The lowest BCUT2D eigenvalue weighted by Crippen LogP contribution is -2.56. The molecule has 0 saturated carbocycles. The van der Waals surface area contributed by atoms with Crippen LogP contribution in [0.3, 0.4) is 0 Å². The zero-order chi connectivity index (χ0) is 17.4. The number of aryl methyl sites for hydroxylation is 2. The van der Waals surface area contributed by atoms with E-state index >= 15 is 0 Å². The minimum atomic E-state index is -5.06. The van der Waals surface area contributed by atoms with E-state index in [9.17, 15) is 33.2 Å². The van der Waals surface area contributed by atoms with E-state index < -0.39 is 35.6 Å². The molecule has 0 bridgehead atoms. The summed E-state index contributed by atoms with van der Waals surface area (Å²) in [5.41, 5.74) is -3.51. The number of aromatic nitrogens is 2. The van der Waals surface area contributed by atoms with Crippen LogP contribution in [0.25, 0.3) is 0 Å². The Morgan fingerprint density at radius 3 is 2.74 bits per heavy atom. The van der Waals surface area contributed by atoms with Gasteiger partial charge in [0.05, 0.1) is 11.5 Å². The van der Waals surface area contributed by atoms with Crippen LogP contribution in [-0.2, 0) is 11.3 Å². The van der Waals surface area contributed by atoms with Crippen molar-refractivity contribution >= 4 is 17.8 Å². The summed E-state index contributed by atoms with van der Waals surface area (Å²) in [5, 5.41) is 27.3. The van der Waals surface area contributed by atoms with Crippen molar-refractivity contribution in [3.63, 3.8) is 0 Å². The fourth-order valence-electron chi connectivity index (χ4n) is 2.06. The third-order valence-electron chi connectivity index (χ3n) is 3.29. The van der Waals surface area contributed by atoms with E-state index in [1.54, 1.807) is 0 Å². The van der Waals surface area contributed by atoms with Crippen molar-refractivity contribution < 1.29 is 28.0 Å². The van der Waals surface area contributed by atoms with Gasteiger partial charge in [0.1, 0.15) is 11.9 Å². The number of carbonyl (C=O) groups is 1. The third-order valence-corrected chi connectivity index (χ3v) is 3.29. The van der Waals surface area contributed by atoms with Crippen LogP contribution in [0, 0.1) is 17.0 Å². The predicted octanol–water partition coefficient (Wildman–Crippen LogP) is 0.959. The van der Waals surface area contributed by atoms with Gasteiger partial charge < -0.3 is 5.11 Å². The van der Waals surface area contributed by atoms with Crippen molar-refractivity contribution in [3.05, 3.63) is 22.0 Å². The Labute approximate surface area is 127 Å². The summed E-state index contributed by atoms with van der Waals surface area (Å²) in [4.78, 5) is 21.9. The first-order valence-corrected chi connectivity index (χ1v) is 6.39. The highest BCUT2D eigenvalue weighted by atomic mass is 19.4. The van der Waals surface area contributed by atoms with Gasteiger partial charge in [-0.2, -0.15) is 28.4 Å². The molecular formula is C11H12F3N5O4.